The highest BCUT2D eigenvalue weighted by molar-refractivity contribution is 5.92. The van der Waals surface area contributed by atoms with Crippen molar-refractivity contribution in [3.63, 3.8) is 0 Å². The molecule has 1 unspecified atom stereocenters. The van der Waals surface area contributed by atoms with Crippen molar-refractivity contribution in [2.45, 2.75) is 32.4 Å². The summed E-state index contributed by atoms with van der Waals surface area (Å²) in [6.45, 7) is 3.81. The van der Waals surface area contributed by atoms with Crippen molar-refractivity contribution < 1.29 is 9.53 Å². The van der Waals surface area contributed by atoms with Gasteiger partial charge in [0, 0.05) is 32.4 Å². The normalized spacial score (nSPS) is 12.4. The van der Waals surface area contributed by atoms with E-state index in [1.54, 1.807) is 7.11 Å². The van der Waals surface area contributed by atoms with E-state index in [0.717, 1.165) is 12.8 Å². The van der Waals surface area contributed by atoms with Crippen LogP contribution in [-0.2, 0) is 11.3 Å². The third kappa shape index (κ3) is 4.16. The van der Waals surface area contributed by atoms with Gasteiger partial charge in [0.2, 0.25) is 0 Å². The van der Waals surface area contributed by atoms with Crippen LogP contribution in [0.2, 0.25) is 0 Å². The predicted octanol–water partition coefficient (Wildman–Crippen LogP) is 0.992. The monoisotopic (exact) mass is 253 g/mol. The van der Waals surface area contributed by atoms with Crippen LogP contribution in [0.3, 0.4) is 0 Å². The van der Waals surface area contributed by atoms with Gasteiger partial charge in [0.05, 0.1) is 6.61 Å². The van der Waals surface area contributed by atoms with Gasteiger partial charge < -0.3 is 20.4 Å². The zero-order valence-corrected chi connectivity index (χ0v) is 11.2. The number of rotatable bonds is 8. The van der Waals surface area contributed by atoms with Gasteiger partial charge in [0.15, 0.2) is 0 Å². The van der Waals surface area contributed by atoms with Crippen LogP contribution in [-0.4, -0.2) is 36.8 Å². The fourth-order valence-electron chi connectivity index (χ4n) is 1.86. The molecule has 3 N–H and O–H groups in total. The predicted molar refractivity (Wildman–Crippen MR) is 71.5 cm³/mol. The third-order valence-corrected chi connectivity index (χ3v) is 2.86. The summed E-state index contributed by atoms with van der Waals surface area (Å²) in [4.78, 5) is 12.1. The fourth-order valence-corrected chi connectivity index (χ4v) is 1.86. The molecule has 1 heterocycles. The van der Waals surface area contributed by atoms with Crippen LogP contribution in [0, 0.1) is 0 Å². The van der Waals surface area contributed by atoms with E-state index < -0.39 is 0 Å². The van der Waals surface area contributed by atoms with Gasteiger partial charge in [0.1, 0.15) is 5.69 Å². The molecule has 0 saturated heterocycles. The largest absolute Gasteiger partial charge is 0.383 e. The summed E-state index contributed by atoms with van der Waals surface area (Å²) in [5.41, 5.74) is 6.29. The highest BCUT2D eigenvalue weighted by atomic mass is 16.5. The minimum absolute atomic E-state index is 0.0493. The maximum absolute atomic E-state index is 12.1. The fraction of sp³-hybridized carbons (Fsp3) is 0.615. The number of ether oxygens (including phenoxy) is 1. The van der Waals surface area contributed by atoms with Gasteiger partial charge in [-0.2, -0.15) is 0 Å². The van der Waals surface area contributed by atoms with E-state index in [0.29, 0.717) is 25.4 Å². The van der Waals surface area contributed by atoms with Gasteiger partial charge in [-0.1, -0.05) is 13.3 Å². The number of methoxy groups -OCH3 is 1. The molecule has 0 aliphatic carbocycles. The molecule has 0 aliphatic rings. The van der Waals surface area contributed by atoms with Gasteiger partial charge >= 0.3 is 0 Å². The lowest BCUT2D eigenvalue weighted by Crippen LogP contribution is -2.40. The van der Waals surface area contributed by atoms with Crippen molar-refractivity contribution in [2.75, 3.05) is 20.3 Å². The van der Waals surface area contributed by atoms with Crippen LogP contribution in [0.4, 0.5) is 0 Å². The Balaban J connectivity index is 2.62. The number of aromatic nitrogens is 1. The summed E-state index contributed by atoms with van der Waals surface area (Å²) < 4.78 is 6.91. The van der Waals surface area contributed by atoms with Gasteiger partial charge in [-0.05, 0) is 18.6 Å². The standard InChI is InChI=1S/C13H23N3O2/c1-3-5-11(10-14)15-13(17)12-6-4-7-16(12)8-9-18-2/h4,6-7,11H,3,5,8-10,14H2,1-2H3,(H,15,17). The first kappa shape index (κ1) is 14.7. The maximum Gasteiger partial charge on any atom is 0.268 e. The van der Waals surface area contributed by atoms with Crippen LogP contribution in [0.5, 0.6) is 0 Å². The number of nitrogens with zero attached hydrogens (tertiary/aromatic N) is 1. The number of carbonyl (C=O) groups excluding carboxylic acids is 1. The lowest BCUT2D eigenvalue weighted by Gasteiger charge is -2.16. The molecule has 102 valence electrons. The minimum Gasteiger partial charge on any atom is -0.383 e. The lowest BCUT2D eigenvalue weighted by atomic mass is 10.1. The summed E-state index contributed by atoms with van der Waals surface area (Å²) in [7, 11) is 1.65. The number of hydrogen-bond acceptors (Lipinski definition) is 3. The first-order chi connectivity index (χ1) is 8.72. The van der Waals surface area contributed by atoms with Crippen LogP contribution < -0.4 is 11.1 Å². The van der Waals surface area contributed by atoms with Crippen molar-refractivity contribution >= 4 is 5.91 Å². The van der Waals surface area contributed by atoms with Crippen LogP contribution in [0.25, 0.3) is 0 Å². The van der Waals surface area contributed by atoms with E-state index in [2.05, 4.69) is 12.2 Å². The minimum atomic E-state index is -0.0694. The van der Waals surface area contributed by atoms with Gasteiger partial charge in [-0.15, -0.1) is 0 Å². The number of nitrogens with one attached hydrogen (secondary N) is 1. The van der Waals surface area contributed by atoms with Crippen LogP contribution in [0.15, 0.2) is 18.3 Å². The van der Waals surface area contributed by atoms with Crippen LogP contribution >= 0.6 is 0 Å². The molecule has 1 rings (SSSR count). The summed E-state index contributed by atoms with van der Waals surface area (Å²) in [6, 6.07) is 3.72. The molecular formula is C13H23N3O2. The Morgan fingerprint density at radius 2 is 2.39 bits per heavy atom. The second kappa shape index (κ2) is 7.89. The zero-order chi connectivity index (χ0) is 13.4. The Morgan fingerprint density at radius 3 is 3.00 bits per heavy atom. The summed E-state index contributed by atoms with van der Waals surface area (Å²) in [6.07, 6.45) is 3.79. The van der Waals surface area contributed by atoms with E-state index in [1.807, 2.05) is 22.9 Å². The SMILES string of the molecule is CCCC(CN)NC(=O)c1cccn1CCOC. The van der Waals surface area contributed by atoms with E-state index in [4.69, 9.17) is 10.5 Å². The molecular weight excluding hydrogens is 230 g/mol. The van der Waals surface area contributed by atoms with Crippen molar-refractivity contribution in [3.8, 4) is 0 Å². The van der Waals surface area contributed by atoms with Crippen molar-refractivity contribution in [2.24, 2.45) is 5.73 Å². The van der Waals surface area contributed by atoms with Gasteiger partial charge in [0.25, 0.3) is 5.91 Å². The smallest absolute Gasteiger partial charge is 0.268 e. The molecule has 5 nitrogen and oxygen atoms in total. The maximum atomic E-state index is 12.1. The highest BCUT2D eigenvalue weighted by Gasteiger charge is 2.14. The van der Waals surface area contributed by atoms with Gasteiger partial charge in [-0.3, -0.25) is 4.79 Å². The number of carbonyl (C=O) groups is 1. The topological polar surface area (TPSA) is 69.3 Å². The Bertz CT molecular complexity index is 363. The third-order valence-electron chi connectivity index (χ3n) is 2.86. The van der Waals surface area contributed by atoms with Crippen molar-refractivity contribution in [3.05, 3.63) is 24.0 Å². The molecule has 0 fully saturated rings. The first-order valence-electron chi connectivity index (χ1n) is 6.37. The van der Waals surface area contributed by atoms with E-state index in [9.17, 15) is 4.79 Å². The Morgan fingerprint density at radius 1 is 1.61 bits per heavy atom. The molecule has 0 aromatic carbocycles. The summed E-state index contributed by atoms with van der Waals surface area (Å²) in [5.74, 6) is -0.0694. The molecule has 1 amide bonds. The Labute approximate surface area is 108 Å². The summed E-state index contributed by atoms with van der Waals surface area (Å²) in [5, 5.41) is 2.96. The number of amides is 1. The lowest BCUT2D eigenvalue weighted by molar-refractivity contribution is 0.0924. The van der Waals surface area contributed by atoms with Crippen LogP contribution in [0.1, 0.15) is 30.3 Å². The number of hydrogen-bond donors (Lipinski definition) is 2. The van der Waals surface area contributed by atoms with Crippen molar-refractivity contribution in [1.82, 2.24) is 9.88 Å². The second-order valence-corrected chi connectivity index (χ2v) is 4.27. The quantitative estimate of drug-likeness (QED) is 0.726. The molecule has 0 aliphatic heterocycles. The molecule has 1 aromatic rings. The average Bonchev–Trinajstić information content (AvgIpc) is 2.84. The molecule has 5 heteroatoms. The summed E-state index contributed by atoms with van der Waals surface area (Å²) >= 11 is 0. The molecule has 0 radical (unpaired) electrons. The van der Waals surface area contributed by atoms with E-state index in [-0.39, 0.29) is 11.9 Å². The van der Waals surface area contributed by atoms with Gasteiger partial charge in [-0.25, -0.2) is 0 Å². The average molecular weight is 253 g/mol. The van der Waals surface area contributed by atoms with E-state index in [1.165, 1.54) is 0 Å². The second-order valence-electron chi connectivity index (χ2n) is 4.27. The highest BCUT2D eigenvalue weighted by Crippen LogP contribution is 2.04. The van der Waals surface area contributed by atoms with Crippen molar-refractivity contribution in [1.29, 1.82) is 0 Å². The molecule has 1 atom stereocenters. The molecule has 18 heavy (non-hydrogen) atoms. The van der Waals surface area contributed by atoms with E-state index >= 15 is 0 Å². The molecule has 0 bridgehead atoms. The molecule has 0 saturated carbocycles. The molecule has 0 spiro atoms. The first-order valence-corrected chi connectivity index (χ1v) is 6.37. The molecule has 1 aromatic heterocycles. The zero-order valence-electron chi connectivity index (χ0n) is 11.2. The number of nitrogens with two attached hydrogens (primary N) is 1. The Hall–Kier alpha value is -1.33. The Kier molecular flexibility index (Phi) is 6.46.